The second kappa shape index (κ2) is 9.76. The van der Waals surface area contributed by atoms with Gasteiger partial charge in [0.25, 0.3) is 10.0 Å². The molecule has 35 heavy (non-hydrogen) atoms. The summed E-state index contributed by atoms with van der Waals surface area (Å²) in [4.78, 5) is 16.8. The van der Waals surface area contributed by atoms with Gasteiger partial charge >= 0.3 is 5.97 Å². The molecule has 0 aliphatic rings. The van der Waals surface area contributed by atoms with Gasteiger partial charge in [0.2, 0.25) is 0 Å². The van der Waals surface area contributed by atoms with Crippen molar-refractivity contribution < 1.29 is 23.1 Å². The number of benzene rings is 3. The number of nitrogens with zero attached hydrogens (tertiary/aromatic N) is 2. The fraction of sp³-hybridized carbons (Fsp3) is 0.185. The molecule has 8 heteroatoms. The summed E-state index contributed by atoms with van der Waals surface area (Å²) in [5, 5.41) is 10.5. The molecule has 0 saturated heterocycles. The average Bonchev–Trinajstić information content (AvgIpc) is 2.86. The van der Waals surface area contributed by atoms with Crippen molar-refractivity contribution in [3.05, 3.63) is 95.7 Å². The number of aromatic nitrogens is 1. The molecule has 1 N–H and O–H groups in total. The molecule has 0 spiro atoms. The van der Waals surface area contributed by atoms with Gasteiger partial charge in [-0.1, -0.05) is 62.4 Å². The van der Waals surface area contributed by atoms with Crippen LogP contribution in [0.1, 0.15) is 41.3 Å². The summed E-state index contributed by atoms with van der Waals surface area (Å²) in [7, 11) is -2.67. The normalized spacial score (nSPS) is 11.5. The number of methoxy groups -OCH3 is 1. The van der Waals surface area contributed by atoms with E-state index >= 15 is 0 Å². The van der Waals surface area contributed by atoms with Crippen LogP contribution >= 0.6 is 0 Å². The quantitative estimate of drug-likeness (QED) is 0.352. The molecule has 1 aromatic heterocycles. The number of ether oxygens (including phenoxy) is 1. The molecule has 0 fully saturated rings. The van der Waals surface area contributed by atoms with Crippen LogP contribution in [0.2, 0.25) is 0 Å². The fourth-order valence-electron chi connectivity index (χ4n) is 4.03. The summed E-state index contributed by atoms with van der Waals surface area (Å²) < 4.78 is 34.4. The molecule has 3 aromatic carbocycles. The van der Waals surface area contributed by atoms with Gasteiger partial charge in [-0.25, -0.2) is 13.2 Å². The Bertz CT molecular complexity index is 1470. The van der Waals surface area contributed by atoms with Crippen molar-refractivity contribution in [2.24, 2.45) is 0 Å². The summed E-state index contributed by atoms with van der Waals surface area (Å²) in [6.07, 6.45) is 1.24. The zero-order chi connectivity index (χ0) is 25.2. The molecular formula is C27H26N2O5S. The minimum absolute atomic E-state index is 0.0237. The average molecular weight is 491 g/mol. The van der Waals surface area contributed by atoms with Gasteiger partial charge in [0.1, 0.15) is 11.3 Å². The van der Waals surface area contributed by atoms with E-state index in [0.29, 0.717) is 22.2 Å². The second-order valence-electron chi connectivity index (χ2n) is 8.40. The molecule has 0 aliphatic heterocycles. The van der Waals surface area contributed by atoms with Gasteiger partial charge in [-0.2, -0.15) is 0 Å². The Morgan fingerprint density at radius 3 is 2.29 bits per heavy atom. The maximum absolute atomic E-state index is 14.0. The Labute approximate surface area is 204 Å². The summed E-state index contributed by atoms with van der Waals surface area (Å²) >= 11 is 0. The van der Waals surface area contributed by atoms with Crippen molar-refractivity contribution in [3.8, 4) is 5.75 Å². The Hall–Kier alpha value is -3.91. The number of carbonyl (C=O) groups is 1. The van der Waals surface area contributed by atoms with Crippen LogP contribution in [0.3, 0.4) is 0 Å². The van der Waals surface area contributed by atoms with Crippen molar-refractivity contribution in [2.45, 2.75) is 31.2 Å². The van der Waals surface area contributed by atoms with Crippen molar-refractivity contribution in [1.29, 1.82) is 0 Å². The monoisotopic (exact) mass is 490 g/mol. The number of anilines is 1. The Morgan fingerprint density at radius 2 is 1.69 bits per heavy atom. The molecule has 0 atom stereocenters. The number of para-hydroxylation sites is 1. The van der Waals surface area contributed by atoms with E-state index in [0.717, 1.165) is 5.56 Å². The van der Waals surface area contributed by atoms with Gasteiger partial charge in [-0.15, -0.1) is 0 Å². The molecule has 0 amide bonds. The van der Waals surface area contributed by atoms with Gasteiger partial charge in [0.15, 0.2) is 0 Å². The highest BCUT2D eigenvalue weighted by Gasteiger charge is 2.31. The van der Waals surface area contributed by atoms with Crippen LogP contribution in [0.4, 0.5) is 5.69 Å². The summed E-state index contributed by atoms with van der Waals surface area (Å²) in [6, 6.07) is 20.5. The molecular weight excluding hydrogens is 464 g/mol. The standard InChI is InChI=1S/C27H26N2O5S/c1-18(2)22-10-7-11-23-25(22)28-16-24(27(30)31)26(23)29(17-19-8-5-4-6-9-19)35(32,33)21-14-12-20(34-3)13-15-21/h4-16,18H,17H2,1-3H3,(H,30,31). The van der Waals surface area contributed by atoms with Crippen LogP contribution in [0, 0.1) is 0 Å². The zero-order valence-corrected chi connectivity index (χ0v) is 20.5. The number of fused-ring (bicyclic) bond motifs is 1. The molecule has 0 bridgehead atoms. The molecule has 0 aliphatic carbocycles. The van der Waals surface area contributed by atoms with Gasteiger partial charge in [0.05, 0.1) is 29.8 Å². The molecule has 0 radical (unpaired) electrons. The molecule has 0 unspecified atom stereocenters. The molecule has 180 valence electrons. The van der Waals surface area contributed by atoms with Gasteiger partial charge in [0, 0.05) is 11.6 Å². The number of rotatable bonds is 8. The van der Waals surface area contributed by atoms with E-state index in [1.807, 2.05) is 38.1 Å². The SMILES string of the molecule is COc1ccc(S(=O)(=O)N(Cc2ccccc2)c2c(C(=O)O)cnc3c(C(C)C)cccc23)cc1. The Kier molecular flexibility index (Phi) is 6.75. The van der Waals surface area contributed by atoms with E-state index in [4.69, 9.17) is 4.74 Å². The van der Waals surface area contributed by atoms with Crippen molar-refractivity contribution in [3.63, 3.8) is 0 Å². The first-order valence-electron chi connectivity index (χ1n) is 11.1. The highest BCUT2D eigenvalue weighted by molar-refractivity contribution is 7.92. The predicted octanol–water partition coefficient (Wildman–Crippen LogP) is 5.46. The van der Waals surface area contributed by atoms with Gasteiger partial charge in [-0.05, 0) is 41.3 Å². The molecule has 1 heterocycles. The first-order chi connectivity index (χ1) is 16.7. The first kappa shape index (κ1) is 24.2. The van der Waals surface area contributed by atoms with Crippen molar-refractivity contribution in [1.82, 2.24) is 4.98 Å². The number of pyridine rings is 1. The third kappa shape index (κ3) is 4.70. The van der Waals surface area contributed by atoms with E-state index < -0.39 is 16.0 Å². The molecule has 0 saturated carbocycles. The van der Waals surface area contributed by atoms with Crippen molar-refractivity contribution >= 4 is 32.6 Å². The lowest BCUT2D eigenvalue weighted by Crippen LogP contribution is -2.32. The van der Waals surface area contributed by atoms with E-state index in [9.17, 15) is 18.3 Å². The maximum atomic E-state index is 14.0. The maximum Gasteiger partial charge on any atom is 0.339 e. The third-order valence-electron chi connectivity index (χ3n) is 5.82. The van der Waals surface area contributed by atoms with E-state index in [2.05, 4.69) is 4.98 Å². The van der Waals surface area contributed by atoms with E-state index in [1.165, 1.54) is 29.7 Å². The second-order valence-corrected chi connectivity index (χ2v) is 10.3. The highest BCUT2D eigenvalue weighted by Crippen LogP contribution is 2.37. The highest BCUT2D eigenvalue weighted by atomic mass is 32.2. The number of sulfonamides is 1. The topological polar surface area (TPSA) is 96.8 Å². The summed E-state index contributed by atoms with van der Waals surface area (Å²) in [5.74, 6) is -0.636. The number of carboxylic acids is 1. The minimum Gasteiger partial charge on any atom is -0.497 e. The third-order valence-corrected chi connectivity index (χ3v) is 7.58. The molecule has 4 aromatic rings. The number of carboxylic acid groups (broad SMARTS) is 1. The summed E-state index contributed by atoms with van der Waals surface area (Å²) in [5.41, 5.74) is 2.09. The lowest BCUT2D eigenvalue weighted by molar-refractivity contribution is 0.0697. The minimum atomic E-state index is -4.17. The lowest BCUT2D eigenvalue weighted by atomic mass is 9.98. The first-order valence-corrected chi connectivity index (χ1v) is 12.5. The van der Waals surface area contributed by atoms with Crippen LogP contribution in [0.25, 0.3) is 10.9 Å². The Morgan fingerprint density at radius 1 is 1.00 bits per heavy atom. The van der Waals surface area contributed by atoms with E-state index in [-0.39, 0.29) is 28.6 Å². The number of aromatic carboxylic acids is 1. The lowest BCUT2D eigenvalue weighted by Gasteiger charge is -2.28. The van der Waals surface area contributed by atoms with Crippen LogP contribution in [-0.4, -0.2) is 31.6 Å². The van der Waals surface area contributed by atoms with Crippen LogP contribution < -0.4 is 9.04 Å². The predicted molar refractivity (Wildman–Crippen MR) is 136 cm³/mol. The van der Waals surface area contributed by atoms with Crippen LogP contribution in [0.5, 0.6) is 5.75 Å². The zero-order valence-electron chi connectivity index (χ0n) is 19.7. The number of hydrogen-bond acceptors (Lipinski definition) is 5. The van der Waals surface area contributed by atoms with Crippen LogP contribution in [-0.2, 0) is 16.6 Å². The van der Waals surface area contributed by atoms with Crippen LogP contribution in [0.15, 0.2) is 83.9 Å². The smallest absolute Gasteiger partial charge is 0.339 e. The fourth-order valence-corrected chi connectivity index (χ4v) is 5.52. The summed E-state index contributed by atoms with van der Waals surface area (Å²) in [6.45, 7) is 3.97. The van der Waals surface area contributed by atoms with Gasteiger partial charge in [-0.3, -0.25) is 9.29 Å². The Balaban J connectivity index is 2.03. The van der Waals surface area contributed by atoms with E-state index in [1.54, 1.807) is 36.4 Å². The van der Waals surface area contributed by atoms with Crippen molar-refractivity contribution in [2.75, 3.05) is 11.4 Å². The number of hydrogen-bond donors (Lipinski definition) is 1. The largest absolute Gasteiger partial charge is 0.497 e. The van der Waals surface area contributed by atoms with Gasteiger partial charge < -0.3 is 9.84 Å². The molecule has 4 rings (SSSR count). The molecule has 7 nitrogen and oxygen atoms in total.